The molecule has 5 heteroatoms. The van der Waals surface area contributed by atoms with Crippen LogP contribution in [-0.2, 0) is 0 Å². The molecule has 4 rings (SSSR count). The fourth-order valence-corrected chi connectivity index (χ4v) is 4.34. The van der Waals surface area contributed by atoms with Crippen molar-refractivity contribution in [3.63, 3.8) is 0 Å². The predicted molar refractivity (Wildman–Crippen MR) is 101 cm³/mol. The van der Waals surface area contributed by atoms with Gasteiger partial charge in [0.15, 0.2) is 5.96 Å². The van der Waals surface area contributed by atoms with Gasteiger partial charge in [-0.2, -0.15) is 0 Å². The van der Waals surface area contributed by atoms with Crippen LogP contribution in [0.25, 0.3) is 0 Å². The quantitative estimate of drug-likeness (QED) is 0.562. The number of hydrogen-bond acceptors (Lipinski definition) is 3. The molecule has 2 heterocycles. The van der Waals surface area contributed by atoms with E-state index in [1.54, 1.807) is 6.26 Å². The van der Waals surface area contributed by atoms with Gasteiger partial charge in [0.2, 0.25) is 0 Å². The molecule has 1 saturated heterocycles. The molecule has 1 aliphatic heterocycles. The van der Waals surface area contributed by atoms with Gasteiger partial charge in [-0.25, -0.2) is 0 Å². The van der Waals surface area contributed by atoms with Gasteiger partial charge in [0.05, 0.1) is 12.3 Å². The minimum Gasteiger partial charge on any atom is -0.468 e. The molecule has 138 valence electrons. The monoisotopic (exact) mass is 344 g/mol. The van der Waals surface area contributed by atoms with Crippen molar-refractivity contribution in [2.75, 3.05) is 33.2 Å². The molecule has 2 N–H and O–H groups in total. The second kappa shape index (κ2) is 7.81. The van der Waals surface area contributed by atoms with Crippen molar-refractivity contribution in [1.29, 1.82) is 0 Å². The third kappa shape index (κ3) is 4.38. The lowest BCUT2D eigenvalue weighted by molar-refractivity contribution is 0.215. The molecule has 3 aliphatic rings. The highest BCUT2D eigenvalue weighted by Crippen LogP contribution is 2.48. The van der Waals surface area contributed by atoms with Crippen molar-refractivity contribution in [3.05, 3.63) is 24.2 Å². The van der Waals surface area contributed by atoms with E-state index in [1.807, 2.05) is 13.1 Å². The molecule has 0 radical (unpaired) electrons. The molecule has 0 bridgehead atoms. The average molecular weight is 345 g/mol. The van der Waals surface area contributed by atoms with Gasteiger partial charge in [-0.1, -0.05) is 0 Å². The summed E-state index contributed by atoms with van der Waals surface area (Å²) in [6.45, 7) is 4.23. The standard InChI is InChI=1S/C20H32N4O/c1-21-20(22-13-17(15-6-7-15)16-8-9-16)23-14-18(19-5-4-12-25-19)24-10-2-3-11-24/h4-5,12,15-18H,2-3,6-11,13-14H2,1H3,(H2,21,22,23). The van der Waals surface area contributed by atoms with Gasteiger partial charge in [0, 0.05) is 20.1 Å². The second-order valence-electron chi connectivity index (χ2n) is 7.95. The maximum Gasteiger partial charge on any atom is 0.191 e. The number of nitrogens with zero attached hydrogens (tertiary/aromatic N) is 2. The SMILES string of the molecule is CN=C(NCC(C1CC1)C1CC1)NCC(c1ccco1)N1CCCC1. The zero-order chi connectivity index (χ0) is 17.1. The Bertz CT molecular complexity index is 544. The van der Waals surface area contributed by atoms with Crippen molar-refractivity contribution in [1.82, 2.24) is 15.5 Å². The molecule has 1 atom stereocenters. The van der Waals surface area contributed by atoms with E-state index in [1.165, 1.54) is 38.5 Å². The first kappa shape index (κ1) is 17.0. The third-order valence-electron chi connectivity index (χ3n) is 6.10. The molecule has 2 saturated carbocycles. The van der Waals surface area contributed by atoms with Gasteiger partial charge in [-0.15, -0.1) is 0 Å². The van der Waals surface area contributed by atoms with Crippen molar-refractivity contribution in [3.8, 4) is 0 Å². The zero-order valence-electron chi connectivity index (χ0n) is 15.4. The molecule has 0 amide bonds. The fraction of sp³-hybridized carbons (Fsp3) is 0.750. The van der Waals surface area contributed by atoms with E-state index < -0.39 is 0 Å². The van der Waals surface area contributed by atoms with Crippen LogP contribution in [0.2, 0.25) is 0 Å². The highest BCUT2D eigenvalue weighted by molar-refractivity contribution is 5.79. The minimum atomic E-state index is 0.290. The molecule has 1 aromatic rings. The molecule has 0 spiro atoms. The Morgan fingerprint density at radius 3 is 2.40 bits per heavy atom. The highest BCUT2D eigenvalue weighted by atomic mass is 16.3. The molecule has 1 aromatic heterocycles. The Morgan fingerprint density at radius 2 is 1.84 bits per heavy atom. The predicted octanol–water partition coefficient (Wildman–Crippen LogP) is 3.02. The van der Waals surface area contributed by atoms with E-state index in [4.69, 9.17) is 4.42 Å². The van der Waals surface area contributed by atoms with Crippen LogP contribution in [-0.4, -0.2) is 44.1 Å². The van der Waals surface area contributed by atoms with Crippen LogP contribution in [0.4, 0.5) is 0 Å². The molecule has 5 nitrogen and oxygen atoms in total. The normalized spacial score (nSPS) is 23.2. The van der Waals surface area contributed by atoms with Crippen LogP contribution < -0.4 is 10.6 Å². The van der Waals surface area contributed by atoms with E-state index in [2.05, 4.69) is 26.6 Å². The molecular formula is C20H32N4O. The Kier molecular flexibility index (Phi) is 5.30. The summed E-state index contributed by atoms with van der Waals surface area (Å²) in [5.41, 5.74) is 0. The van der Waals surface area contributed by atoms with E-state index in [0.29, 0.717) is 6.04 Å². The summed E-state index contributed by atoms with van der Waals surface area (Å²) < 4.78 is 5.71. The lowest BCUT2D eigenvalue weighted by Gasteiger charge is -2.27. The number of furan rings is 1. The summed E-state index contributed by atoms with van der Waals surface area (Å²) in [5, 5.41) is 7.14. The first-order valence-corrected chi connectivity index (χ1v) is 10.1. The number of nitrogens with one attached hydrogen (secondary N) is 2. The van der Waals surface area contributed by atoms with Gasteiger partial charge in [-0.3, -0.25) is 9.89 Å². The molecule has 1 unspecified atom stereocenters. The Morgan fingerprint density at radius 1 is 1.16 bits per heavy atom. The highest BCUT2D eigenvalue weighted by Gasteiger charge is 2.41. The number of rotatable bonds is 8. The topological polar surface area (TPSA) is 52.8 Å². The van der Waals surface area contributed by atoms with Gasteiger partial charge in [0.25, 0.3) is 0 Å². The van der Waals surface area contributed by atoms with Gasteiger partial charge in [0.1, 0.15) is 5.76 Å². The first-order valence-electron chi connectivity index (χ1n) is 10.1. The fourth-order valence-electron chi connectivity index (χ4n) is 4.34. The second-order valence-corrected chi connectivity index (χ2v) is 7.95. The summed E-state index contributed by atoms with van der Waals surface area (Å²) in [5.74, 6) is 4.79. The van der Waals surface area contributed by atoms with Crippen LogP contribution in [0, 0.1) is 17.8 Å². The molecule has 3 fully saturated rings. The Hall–Kier alpha value is -1.49. The van der Waals surface area contributed by atoms with E-state index in [0.717, 1.165) is 55.7 Å². The van der Waals surface area contributed by atoms with Crippen LogP contribution >= 0.6 is 0 Å². The summed E-state index contributed by atoms with van der Waals surface area (Å²) in [6.07, 6.45) is 10.1. The molecule has 2 aliphatic carbocycles. The largest absolute Gasteiger partial charge is 0.468 e. The van der Waals surface area contributed by atoms with E-state index in [9.17, 15) is 0 Å². The van der Waals surface area contributed by atoms with Crippen LogP contribution in [0.5, 0.6) is 0 Å². The van der Waals surface area contributed by atoms with Crippen molar-refractivity contribution >= 4 is 5.96 Å². The number of likely N-dealkylation sites (tertiary alicyclic amines) is 1. The summed E-state index contributed by atoms with van der Waals surface area (Å²) in [4.78, 5) is 6.97. The van der Waals surface area contributed by atoms with Gasteiger partial charge < -0.3 is 15.1 Å². The van der Waals surface area contributed by atoms with Crippen LogP contribution in [0.3, 0.4) is 0 Å². The summed E-state index contributed by atoms with van der Waals surface area (Å²) >= 11 is 0. The van der Waals surface area contributed by atoms with Crippen LogP contribution in [0.1, 0.15) is 50.3 Å². The lowest BCUT2D eigenvalue weighted by Crippen LogP contribution is -2.44. The number of hydrogen-bond donors (Lipinski definition) is 2. The zero-order valence-corrected chi connectivity index (χ0v) is 15.4. The van der Waals surface area contributed by atoms with Crippen LogP contribution in [0.15, 0.2) is 27.8 Å². The smallest absolute Gasteiger partial charge is 0.191 e. The van der Waals surface area contributed by atoms with E-state index >= 15 is 0 Å². The summed E-state index contributed by atoms with van der Waals surface area (Å²) in [7, 11) is 1.87. The first-order chi connectivity index (χ1) is 12.3. The Labute approximate surface area is 151 Å². The number of guanidine groups is 1. The average Bonchev–Trinajstić information content (AvgIpc) is 3.54. The van der Waals surface area contributed by atoms with Crippen molar-refractivity contribution in [2.45, 2.75) is 44.6 Å². The van der Waals surface area contributed by atoms with Crippen molar-refractivity contribution < 1.29 is 4.42 Å². The third-order valence-corrected chi connectivity index (χ3v) is 6.10. The maximum atomic E-state index is 5.71. The minimum absolute atomic E-state index is 0.290. The molecular weight excluding hydrogens is 312 g/mol. The van der Waals surface area contributed by atoms with E-state index in [-0.39, 0.29) is 0 Å². The van der Waals surface area contributed by atoms with Gasteiger partial charge >= 0.3 is 0 Å². The molecule has 25 heavy (non-hydrogen) atoms. The van der Waals surface area contributed by atoms with Crippen molar-refractivity contribution in [2.24, 2.45) is 22.7 Å². The Balaban J connectivity index is 1.30. The maximum absolute atomic E-state index is 5.71. The number of aliphatic imine (C=N–C) groups is 1. The lowest BCUT2D eigenvalue weighted by atomic mass is 9.98. The van der Waals surface area contributed by atoms with Gasteiger partial charge in [-0.05, 0) is 81.5 Å². The molecule has 0 aromatic carbocycles. The summed E-state index contributed by atoms with van der Waals surface area (Å²) in [6, 6.07) is 4.37.